The summed E-state index contributed by atoms with van der Waals surface area (Å²) in [5.74, 6) is -1.55. The van der Waals surface area contributed by atoms with Gasteiger partial charge in [-0.25, -0.2) is 4.79 Å². The van der Waals surface area contributed by atoms with Gasteiger partial charge in [-0.2, -0.15) is 0 Å². The zero-order chi connectivity index (χ0) is 23.8. The van der Waals surface area contributed by atoms with Gasteiger partial charge in [0.15, 0.2) is 5.78 Å². The predicted molar refractivity (Wildman–Crippen MR) is 124 cm³/mol. The highest BCUT2D eigenvalue weighted by Gasteiger charge is 2.24. The predicted octanol–water partition coefficient (Wildman–Crippen LogP) is 3.39. The zero-order valence-corrected chi connectivity index (χ0v) is 18.3. The Morgan fingerprint density at radius 1 is 0.818 bits per heavy atom. The summed E-state index contributed by atoms with van der Waals surface area (Å²) < 4.78 is 4.86. The molecule has 3 aromatic rings. The van der Waals surface area contributed by atoms with E-state index >= 15 is 0 Å². The van der Waals surface area contributed by atoms with Crippen LogP contribution in [0, 0.1) is 0 Å². The number of esters is 1. The van der Waals surface area contributed by atoms with Crippen molar-refractivity contribution >= 4 is 29.3 Å². The van der Waals surface area contributed by atoms with E-state index in [1.54, 1.807) is 72.8 Å². The number of methoxy groups -OCH3 is 1. The molecule has 3 aromatic carbocycles. The van der Waals surface area contributed by atoms with Crippen molar-refractivity contribution in [2.75, 3.05) is 12.4 Å². The van der Waals surface area contributed by atoms with Gasteiger partial charge in [0.25, 0.3) is 5.91 Å². The molecule has 0 radical (unpaired) electrons. The molecule has 3 rings (SSSR count). The van der Waals surface area contributed by atoms with Gasteiger partial charge in [0.2, 0.25) is 5.91 Å². The minimum absolute atomic E-state index is 0.102. The van der Waals surface area contributed by atoms with Crippen molar-refractivity contribution < 1.29 is 23.9 Å². The molecule has 2 amide bonds. The van der Waals surface area contributed by atoms with E-state index in [2.05, 4.69) is 10.6 Å². The number of hydrogen-bond acceptors (Lipinski definition) is 5. The number of ketones is 1. The molecule has 0 aliphatic rings. The number of para-hydroxylation sites is 1. The van der Waals surface area contributed by atoms with Gasteiger partial charge in [-0.15, -0.1) is 0 Å². The lowest BCUT2D eigenvalue weighted by Gasteiger charge is -2.18. The van der Waals surface area contributed by atoms with Gasteiger partial charge in [0.05, 0.1) is 18.4 Å². The van der Waals surface area contributed by atoms with Gasteiger partial charge in [0.1, 0.15) is 6.04 Å². The molecule has 0 aromatic heterocycles. The third-order valence-corrected chi connectivity index (χ3v) is 4.97. The first-order chi connectivity index (χ1) is 15.9. The van der Waals surface area contributed by atoms with Gasteiger partial charge in [-0.05, 0) is 17.7 Å². The molecule has 0 fully saturated rings. The second-order valence-corrected chi connectivity index (χ2v) is 7.37. The van der Waals surface area contributed by atoms with Crippen LogP contribution in [0.1, 0.15) is 38.8 Å². The first-order valence-corrected chi connectivity index (χ1v) is 10.3. The summed E-state index contributed by atoms with van der Waals surface area (Å²) in [6.07, 6.45) is 0.167. The van der Waals surface area contributed by atoms with E-state index in [0.29, 0.717) is 16.8 Å². The van der Waals surface area contributed by atoms with Crippen molar-refractivity contribution in [3.05, 3.63) is 101 Å². The number of rotatable bonds is 8. The highest BCUT2D eigenvalue weighted by molar-refractivity contribution is 6.09. The fourth-order valence-corrected chi connectivity index (χ4v) is 3.34. The highest BCUT2D eigenvalue weighted by Crippen LogP contribution is 2.16. The van der Waals surface area contributed by atoms with Crippen LogP contribution in [-0.2, 0) is 20.7 Å². The van der Waals surface area contributed by atoms with E-state index in [9.17, 15) is 19.2 Å². The van der Waals surface area contributed by atoms with E-state index in [1.807, 2.05) is 6.07 Å². The third-order valence-electron chi connectivity index (χ3n) is 4.97. The Hall–Kier alpha value is -4.26. The van der Waals surface area contributed by atoms with Crippen LogP contribution in [0.5, 0.6) is 0 Å². The van der Waals surface area contributed by atoms with E-state index in [4.69, 9.17) is 4.74 Å². The van der Waals surface area contributed by atoms with Crippen molar-refractivity contribution in [1.82, 2.24) is 5.32 Å². The molecule has 33 heavy (non-hydrogen) atoms. The number of benzene rings is 3. The fraction of sp³-hybridized carbons (Fsp3) is 0.154. The van der Waals surface area contributed by atoms with Crippen LogP contribution in [-0.4, -0.2) is 36.7 Å². The van der Waals surface area contributed by atoms with Crippen molar-refractivity contribution in [3.63, 3.8) is 0 Å². The number of carbonyl (C=O) groups is 4. The number of ether oxygens (including phenoxy) is 1. The fourth-order valence-electron chi connectivity index (χ4n) is 3.34. The van der Waals surface area contributed by atoms with Crippen LogP contribution < -0.4 is 10.6 Å². The first-order valence-electron chi connectivity index (χ1n) is 10.3. The molecule has 7 heteroatoms. The average molecular weight is 444 g/mol. The maximum atomic E-state index is 12.9. The Balaban J connectivity index is 1.75. The Morgan fingerprint density at radius 2 is 1.42 bits per heavy atom. The topological polar surface area (TPSA) is 102 Å². The SMILES string of the molecule is COC(=O)[C@@H](Cc1ccc(C(=O)c2ccccc2)cc1)NC(=O)c1ccccc1NC(C)=O. The second-order valence-electron chi connectivity index (χ2n) is 7.37. The Labute approximate surface area is 191 Å². The summed E-state index contributed by atoms with van der Waals surface area (Å²) in [5.41, 5.74) is 2.42. The summed E-state index contributed by atoms with van der Waals surface area (Å²) in [5, 5.41) is 5.28. The van der Waals surface area contributed by atoms with Crippen LogP contribution in [0.4, 0.5) is 5.69 Å². The molecule has 0 bridgehead atoms. The maximum absolute atomic E-state index is 12.9. The smallest absolute Gasteiger partial charge is 0.328 e. The molecule has 0 aliphatic carbocycles. The number of amides is 2. The first kappa shape index (κ1) is 23.4. The van der Waals surface area contributed by atoms with Crippen molar-refractivity contribution in [3.8, 4) is 0 Å². The lowest BCUT2D eigenvalue weighted by molar-refractivity contribution is -0.142. The molecule has 0 heterocycles. The van der Waals surface area contributed by atoms with Crippen LogP contribution in [0.2, 0.25) is 0 Å². The van der Waals surface area contributed by atoms with Crippen molar-refractivity contribution in [2.24, 2.45) is 0 Å². The van der Waals surface area contributed by atoms with Crippen molar-refractivity contribution in [2.45, 2.75) is 19.4 Å². The molecule has 2 N–H and O–H groups in total. The minimum Gasteiger partial charge on any atom is -0.467 e. The molecule has 168 valence electrons. The molecule has 0 saturated heterocycles. The van der Waals surface area contributed by atoms with E-state index in [0.717, 1.165) is 5.56 Å². The standard InChI is InChI=1S/C26H24N2O5/c1-17(29)27-22-11-7-6-10-21(22)25(31)28-23(26(32)33-2)16-18-12-14-20(15-13-18)24(30)19-8-4-3-5-9-19/h3-15,23H,16H2,1-2H3,(H,27,29)(H,28,31)/t23-/m1/s1. The summed E-state index contributed by atoms with van der Waals surface area (Å²) in [6, 6.07) is 21.4. The van der Waals surface area contributed by atoms with E-state index in [-0.39, 0.29) is 23.7 Å². The summed E-state index contributed by atoms with van der Waals surface area (Å²) in [4.78, 5) is 49.2. The third kappa shape index (κ3) is 6.13. The lowest BCUT2D eigenvalue weighted by Crippen LogP contribution is -2.43. The number of carbonyl (C=O) groups excluding carboxylic acids is 4. The Bertz CT molecular complexity index is 1160. The van der Waals surface area contributed by atoms with E-state index < -0.39 is 17.9 Å². The molecule has 0 spiro atoms. The van der Waals surface area contributed by atoms with Crippen LogP contribution in [0.25, 0.3) is 0 Å². The summed E-state index contributed by atoms with van der Waals surface area (Å²) >= 11 is 0. The highest BCUT2D eigenvalue weighted by atomic mass is 16.5. The number of hydrogen-bond donors (Lipinski definition) is 2. The Morgan fingerprint density at radius 3 is 2.06 bits per heavy atom. The normalized spacial score (nSPS) is 11.2. The number of nitrogens with one attached hydrogen (secondary N) is 2. The van der Waals surface area contributed by atoms with Gasteiger partial charge in [-0.3, -0.25) is 14.4 Å². The average Bonchev–Trinajstić information content (AvgIpc) is 2.83. The largest absolute Gasteiger partial charge is 0.467 e. The zero-order valence-electron chi connectivity index (χ0n) is 18.3. The van der Waals surface area contributed by atoms with E-state index in [1.165, 1.54) is 14.0 Å². The molecule has 7 nitrogen and oxygen atoms in total. The van der Waals surface area contributed by atoms with Crippen molar-refractivity contribution in [1.29, 1.82) is 0 Å². The van der Waals surface area contributed by atoms with Gasteiger partial charge < -0.3 is 15.4 Å². The van der Waals surface area contributed by atoms with Gasteiger partial charge in [-0.1, -0.05) is 66.7 Å². The molecular formula is C26H24N2O5. The lowest BCUT2D eigenvalue weighted by atomic mass is 9.99. The summed E-state index contributed by atoms with van der Waals surface area (Å²) in [7, 11) is 1.24. The monoisotopic (exact) mass is 444 g/mol. The second kappa shape index (κ2) is 10.9. The van der Waals surface area contributed by atoms with Crippen LogP contribution >= 0.6 is 0 Å². The summed E-state index contributed by atoms with van der Waals surface area (Å²) in [6.45, 7) is 1.35. The number of anilines is 1. The van der Waals surface area contributed by atoms with Crippen LogP contribution in [0.15, 0.2) is 78.9 Å². The molecule has 0 aliphatic heterocycles. The van der Waals surface area contributed by atoms with Gasteiger partial charge in [0, 0.05) is 24.5 Å². The quantitative estimate of drug-likeness (QED) is 0.410. The molecular weight excluding hydrogens is 420 g/mol. The Kier molecular flexibility index (Phi) is 7.70. The molecule has 0 saturated carbocycles. The maximum Gasteiger partial charge on any atom is 0.328 e. The minimum atomic E-state index is -0.955. The van der Waals surface area contributed by atoms with Gasteiger partial charge >= 0.3 is 5.97 Å². The molecule has 1 atom stereocenters. The van der Waals surface area contributed by atoms with Crippen LogP contribution in [0.3, 0.4) is 0 Å². The molecule has 0 unspecified atom stereocenters.